The number of carbonyl (C=O) groups is 1. The quantitative estimate of drug-likeness (QED) is 0.918. The number of methoxy groups -OCH3 is 1. The number of furan rings is 1. The average Bonchev–Trinajstić information content (AvgIpc) is 2.76. The van der Waals surface area contributed by atoms with Crippen molar-refractivity contribution in [2.45, 2.75) is 20.4 Å². The zero-order valence-electron chi connectivity index (χ0n) is 11.3. The highest BCUT2D eigenvalue weighted by atomic mass is 16.5. The van der Waals surface area contributed by atoms with Gasteiger partial charge in [-0.05, 0) is 19.9 Å². The maximum atomic E-state index is 12.1. The van der Waals surface area contributed by atoms with Gasteiger partial charge in [-0.15, -0.1) is 0 Å². The first-order valence-electron chi connectivity index (χ1n) is 6.08. The molecule has 2 aromatic rings. The molecule has 1 heterocycles. The molecule has 1 aromatic heterocycles. The van der Waals surface area contributed by atoms with Crippen molar-refractivity contribution < 1.29 is 13.9 Å². The summed E-state index contributed by atoms with van der Waals surface area (Å²) in [5.41, 5.74) is 2.39. The fraction of sp³-hybridized carbons (Fsp3) is 0.267. The van der Waals surface area contributed by atoms with Gasteiger partial charge in [0, 0.05) is 17.7 Å². The van der Waals surface area contributed by atoms with Gasteiger partial charge in [0.1, 0.15) is 11.5 Å². The van der Waals surface area contributed by atoms with Gasteiger partial charge in [-0.1, -0.05) is 18.2 Å². The highest BCUT2D eigenvalue weighted by molar-refractivity contribution is 5.96. The van der Waals surface area contributed by atoms with E-state index in [-0.39, 0.29) is 5.91 Å². The van der Waals surface area contributed by atoms with Crippen molar-refractivity contribution in [3.8, 4) is 5.75 Å². The van der Waals surface area contributed by atoms with Gasteiger partial charge in [-0.3, -0.25) is 4.79 Å². The van der Waals surface area contributed by atoms with Crippen LogP contribution in [0, 0.1) is 13.8 Å². The van der Waals surface area contributed by atoms with E-state index in [2.05, 4.69) is 5.32 Å². The van der Waals surface area contributed by atoms with Crippen LogP contribution in [0.25, 0.3) is 0 Å². The largest absolute Gasteiger partial charge is 0.496 e. The van der Waals surface area contributed by atoms with E-state index in [1.165, 1.54) is 0 Å². The molecular weight excluding hydrogens is 242 g/mol. The van der Waals surface area contributed by atoms with E-state index in [1.54, 1.807) is 20.3 Å². The van der Waals surface area contributed by atoms with E-state index in [9.17, 15) is 4.79 Å². The molecule has 4 heteroatoms. The highest BCUT2D eigenvalue weighted by Crippen LogP contribution is 2.18. The molecule has 0 unspecified atom stereocenters. The summed E-state index contributed by atoms with van der Waals surface area (Å²) in [6.07, 6.45) is 1.59. The maximum Gasteiger partial charge on any atom is 0.255 e. The number of aryl methyl sites for hydroxylation is 2. The number of benzene rings is 1. The van der Waals surface area contributed by atoms with Gasteiger partial charge in [0.05, 0.1) is 18.9 Å². The van der Waals surface area contributed by atoms with E-state index in [0.29, 0.717) is 17.9 Å². The minimum atomic E-state index is -0.130. The molecule has 0 aliphatic heterocycles. The summed E-state index contributed by atoms with van der Waals surface area (Å²) >= 11 is 0. The minimum Gasteiger partial charge on any atom is -0.496 e. The van der Waals surface area contributed by atoms with E-state index in [4.69, 9.17) is 9.15 Å². The van der Waals surface area contributed by atoms with Crippen molar-refractivity contribution >= 4 is 5.91 Å². The van der Waals surface area contributed by atoms with Crippen molar-refractivity contribution in [2.24, 2.45) is 0 Å². The number of hydrogen-bond donors (Lipinski definition) is 1. The van der Waals surface area contributed by atoms with Crippen LogP contribution in [-0.4, -0.2) is 13.0 Å². The molecule has 0 atom stereocenters. The summed E-state index contributed by atoms with van der Waals surface area (Å²) in [7, 11) is 1.62. The second kappa shape index (κ2) is 5.61. The van der Waals surface area contributed by atoms with Crippen LogP contribution in [0.1, 0.15) is 27.2 Å². The fourth-order valence-electron chi connectivity index (χ4n) is 2.02. The Hall–Kier alpha value is -2.23. The summed E-state index contributed by atoms with van der Waals surface area (Å²) in [5.74, 6) is 1.27. The van der Waals surface area contributed by atoms with Gasteiger partial charge in [0.15, 0.2) is 0 Å². The van der Waals surface area contributed by atoms with Crippen LogP contribution in [0.3, 0.4) is 0 Å². The predicted octanol–water partition coefficient (Wildman–Crippen LogP) is 2.84. The molecule has 0 saturated heterocycles. The van der Waals surface area contributed by atoms with Crippen LogP contribution in [0.15, 0.2) is 34.9 Å². The second-order valence-electron chi connectivity index (χ2n) is 4.34. The maximum absolute atomic E-state index is 12.1. The van der Waals surface area contributed by atoms with Crippen LogP contribution >= 0.6 is 0 Å². The van der Waals surface area contributed by atoms with Gasteiger partial charge >= 0.3 is 0 Å². The Labute approximate surface area is 112 Å². The molecule has 0 saturated carbocycles. The van der Waals surface area contributed by atoms with Crippen LogP contribution in [0.5, 0.6) is 5.75 Å². The highest BCUT2D eigenvalue weighted by Gasteiger charge is 2.15. The van der Waals surface area contributed by atoms with Crippen molar-refractivity contribution in [3.63, 3.8) is 0 Å². The minimum absolute atomic E-state index is 0.130. The van der Waals surface area contributed by atoms with Crippen molar-refractivity contribution in [3.05, 3.63) is 53.0 Å². The lowest BCUT2D eigenvalue weighted by atomic mass is 10.1. The molecule has 19 heavy (non-hydrogen) atoms. The van der Waals surface area contributed by atoms with Crippen molar-refractivity contribution in [2.75, 3.05) is 7.11 Å². The summed E-state index contributed by atoms with van der Waals surface area (Å²) in [6, 6.07) is 7.61. The first-order chi connectivity index (χ1) is 9.13. The Bertz CT molecular complexity index is 567. The molecule has 0 aliphatic rings. The summed E-state index contributed by atoms with van der Waals surface area (Å²) in [5, 5.41) is 2.88. The van der Waals surface area contributed by atoms with E-state index >= 15 is 0 Å². The molecule has 1 aromatic carbocycles. The zero-order valence-corrected chi connectivity index (χ0v) is 11.3. The second-order valence-corrected chi connectivity index (χ2v) is 4.34. The number of nitrogens with one attached hydrogen (secondary N) is 1. The number of rotatable bonds is 4. The van der Waals surface area contributed by atoms with E-state index in [1.807, 2.05) is 31.2 Å². The number of amides is 1. The van der Waals surface area contributed by atoms with Crippen LogP contribution in [0.2, 0.25) is 0 Å². The molecule has 0 aliphatic carbocycles. The SMILES string of the molecule is COc1ccccc1CNC(=O)c1c(C)coc1C. The van der Waals surface area contributed by atoms with Gasteiger partial charge < -0.3 is 14.5 Å². The van der Waals surface area contributed by atoms with Gasteiger partial charge in [0.25, 0.3) is 5.91 Å². The topological polar surface area (TPSA) is 51.5 Å². The predicted molar refractivity (Wildman–Crippen MR) is 72.3 cm³/mol. The lowest BCUT2D eigenvalue weighted by Crippen LogP contribution is -2.24. The fourth-order valence-corrected chi connectivity index (χ4v) is 2.02. The molecule has 0 fully saturated rings. The monoisotopic (exact) mass is 259 g/mol. The van der Waals surface area contributed by atoms with E-state index in [0.717, 1.165) is 16.9 Å². The molecule has 1 N–H and O–H groups in total. The average molecular weight is 259 g/mol. The molecule has 4 nitrogen and oxygen atoms in total. The summed E-state index contributed by atoms with van der Waals surface area (Å²) in [4.78, 5) is 12.1. The first-order valence-corrected chi connectivity index (χ1v) is 6.08. The Balaban J connectivity index is 2.09. The summed E-state index contributed by atoms with van der Waals surface area (Å²) in [6.45, 7) is 4.06. The number of ether oxygens (including phenoxy) is 1. The molecule has 0 bridgehead atoms. The smallest absolute Gasteiger partial charge is 0.255 e. The van der Waals surface area contributed by atoms with Crippen LogP contribution < -0.4 is 10.1 Å². The third kappa shape index (κ3) is 2.78. The molecule has 0 radical (unpaired) electrons. The molecule has 1 amide bonds. The standard InChI is InChI=1S/C15H17NO3/c1-10-9-19-11(2)14(10)15(17)16-8-12-6-4-5-7-13(12)18-3/h4-7,9H,8H2,1-3H3,(H,16,17). The Morgan fingerprint density at radius 1 is 1.32 bits per heavy atom. The Morgan fingerprint density at radius 3 is 2.68 bits per heavy atom. The van der Waals surface area contributed by atoms with Crippen molar-refractivity contribution in [1.29, 1.82) is 0 Å². The summed E-state index contributed by atoms with van der Waals surface area (Å²) < 4.78 is 10.5. The molecule has 0 spiro atoms. The van der Waals surface area contributed by atoms with Crippen LogP contribution in [0.4, 0.5) is 0 Å². The van der Waals surface area contributed by atoms with Crippen LogP contribution in [-0.2, 0) is 6.54 Å². The third-order valence-corrected chi connectivity index (χ3v) is 3.02. The normalized spacial score (nSPS) is 10.3. The van der Waals surface area contributed by atoms with Gasteiger partial charge in [0.2, 0.25) is 0 Å². The lowest BCUT2D eigenvalue weighted by molar-refractivity contribution is 0.0948. The lowest BCUT2D eigenvalue weighted by Gasteiger charge is -2.09. The van der Waals surface area contributed by atoms with Gasteiger partial charge in [-0.25, -0.2) is 0 Å². The third-order valence-electron chi connectivity index (χ3n) is 3.02. The van der Waals surface area contributed by atoms with Crippen molar-refractivity contribution in [1.82, 2.24) is 5.32 Å². The molecule has 2 rings (SSSR count). The number of hydrogen-bond acceptors (Lipinski definition) is 3. The Kier molecular flexibility index (Phi) is 3.90. The van der Waals surface area contributed by atoms with Gasteiger partial charge in [-0.2, -0.15) is 0 Å². The number of carbonyl (C=O) groups excluding carboxylic acids is 1. The molecule has 100 valence electrons. The number of para-hydroxylation sites is 1. The zero-order chi connectivity index (χ0) is 13.8. The van der Waals surface area contributed by atoms with E-state index < -0.39 is 0 Å². The Morgan fingerprint density at radius 2 is 2.05 bits per heavy atom. The molecular formula is C15H17NO3. The first kappa shape index (κ1) is 13.2.